The van der Waals surface area contributed by atoms with Gasteiger partial charge in [-0.05, 0) is 59.4 Å². The van der Waals surface area contributed by atoms with E-state index >= 15 is 0 Å². The van der Waals surface area contributed by atoms with Gasteiger partial charge in [0.25, 0.3) is 0 Å². The minimum Gasteiger partial charge on any atom is -0.363 e. The second kappa shape index (κ2) is 146. The SMILES string of the molecule is C=C1CC(=Cc2ccccc2)C(=C)N1.C=C1CC(=Cc2ccccc2)C(=C)N1c1ccccc1.C=C1CCC(=C)N1.CC.CC.CC.CC.CC.CC.CC.CC.CC.O=Cc1ccccc1.[CH3-].[CH3-].[CH3-].[CH3-].[CH3-].[CH3-].[W].[Y].[Y].[Y].[Y].[Y].[Y].[Y].[Y].[Y].[Y].[Y].[Y].[Y].[c-]1ccccc1. The van der Waals surface area contributed by atoms with E-state index in [0.29, 0.717) is 0 Å². The van der Waals surface area contributed by atoms with Crippen LogP contribution in [0, 0.1) is 50.6 Å². The van der Waals surface area contributed by atoms with Gasteiger partial charge in [-0.1, -0.05) is 273 Å². The van der Waals surface area contributed by atoms with Crippen molar-refractivity contribution in [2.24, 2.45) is 0 Å². The number of para-hydroxylation sites is 1. The zero-order valence-electron chi connectivity index (χ0n) is 63.5. The molecule has 0 atom stereocenters. The Morgan fingerprint density at radius 1 is 0.355 bits per heavy atom. The van der Waals surface area contributed by atoms with Crippen molar-refractivity contribution < 1.29 is 451 Å². The Balaban J connectivity index is -0.0000000233. The molecule has 495 valence electrons. The third-order valence-electron chi connectivity index (χ3n) is 8.39. The molecule has 0 saturated carbocycles. The maximum atomic E-state index is 10.0. The summed E-state index contributed by atoms with van der Waals surface area (Å²) in [6, 6.07) is 52.5. The van der Waals surface area contributed by atoms with Gasteiger partial charge in [-0.25, -0.2) is 0 Å². The van der Waals surface area contributed by atoms with Gasteiger partial charge in [-0.3, -0.25) is 4.79 Å². The number of hydrogen-bond acceptors (Lipinski definition) is 4. The molecule has 2 N–H and O–H groups in total. The van der Waals surface area contributed by atoms with Crippen molar-refractivity contribution in [1.29, 1.82) is 0 Å². The van der Waals surface area contributed by atoms with Gasteiger partial charge in [0.05, 0.1) is 0 Å². The van der Waals surface area contributed by atoms with E-state index in [2.05, 4.69) is 110 Å². The Morgan fingerprint density at radius 2 is 0.624 bits per heavy atom. The topological polar surface area (TPSA) is 44.4 Å². The molecule has 0 bridgehead atoms. The van der Waals surface area contributed by atoms with Crippen LogP contribution >= 0.6 is 0 Å². The van der Waals surface area contributed by atoms with Gasteiger partial charge in [-0.15, -0.1) is 0 Å². The number of carbonyl (C=O) groups excluding carboxylic acids is 1. The van der Waals surface area contributed by atoms with Crippen molar-refractivity contribution in [3.8, 4) is 0 Å². The summed E-state index contributed by atoms with van der Waals surface area (Å²) >= 11 is 0. The van der Waals surface area contributed by atoms with Crippen LogP contribution in [-0.2, 0) is 446 Å². The zero-order chi connectivity index (χ0) is 57.3. The molecule has 3 aliphatic heterocycles. The molecule has 0 unspecified atom stereocenters. The summed E-state index contributed by atoms with van der Waals surface area (Å²) in [4.78, 5) is 12.1. The predicted molar refractivity (Wildman–Crippen MR) is 375 cm³/mol. The number of benzene rings is 5. The van der Waals surface area contributed by atoms with Crippen LogP contribution in [-0.4, -0.2) is 6.29 Å². The molecule has 0 amide bonds. The number of anilines is 1. The van der Waals surface area contributed by atoms with Gasteiger partial charge in [0.1, 0.15) is 6.29 Å². The fraction of sp³-hybridized carbons (Fsp3) is 0.293. The molecule has 18 heteroatoms. The van der Waals surface area contributed by atoms with E-state index in [-0.39, 0.29) is 491 Å². The summed E-state index contributed by atoms with van der Waals surface area (Å²) in [5.41, 5.74) is 13.0. The first-order valence-corrected chi connectivity index (χ1v) is 27.1. The first-order valence-electron chi connectivity index (χ1n) is 27.1. The Labute approximate surface area is 924 Å². The number of carbonyl (C=O) groups is 1. The molecule has 3 aliphatic rings. The molecule has 13 radical (unpaired) electrons. The minimum atomic E-state index is 0. The van der Waals surface area contributed by atoms with E-state index in [0.717, 1.165) is 77.4 Å². The summed E-state index contributed by atoms with van der Waals surface area (Å²) in [5.74, 6) is 0. The van der Waals surface area contributed by atoms with Crippen LogP contribution in [0.1, 0.15) is 172 Å². The molecule has 5 aromatic rings. The minimum absolute atomic E-state index is 0. The summed E-state index contributed by atoms with van der Waals surface area (Å²) in [7, 11) is 0. The van der Waals surface area contributed by atoms with Gasteiger partial charge in [0, 0.05) is 505 Å². The van der Waals surface area contributed by atoms with E-state index < -0.39 is 0 Å². The quantitative estimate of drug-likeness (QED) is 0.139. The number of allylic oxidation sites excluding steroid dienone is 6. The Bertz CT molecular complexity index is 2120. The molecular weight excluding hydrogens is 2300 g/mol. The maximum Gasteiger partial charge on any atom is 0.150 e. The Morgan fingerprint density at radius 3 is 0.839 bits per heavy atom. The molecule has 0 aromatic heterocycles. The summed E-state index contributed by atoms with van der Waals surface area (Å²) < 4.78 is 0. The zero-order valence-corrected chi connectivity index (χ0v) is 103. The van der Waals surface area contributed by atoms with Crippen LogP contribution in [0.2, 0.25) is 0 Å². The van der Waals surface area contributed by atoms with Crippen molar-refractivity contribution in [2.75, 3.05) is 4.90 Å². The molecular formula is C75H122N3OWY13-7. The van der Waals surface area contributed by atoms with Gasteiger partial charge in [0.2, 0.25) is 0 Å². The van der Waals surface area contributed by atoms with Crippen LogP contribution in [0.5, 0.6) is 0 Å². The van der Waals surface area contributed by atoms with Crippen molar-refractivity contribution >= 4 is 24.1 Å². The van der Waals surface area contributed by atoms with Gasteiger partial charge < -0.3 is 60.1 Å². The van der Waals surface area contributed by atoms with Crippen molar-refractivity contribution in [2.45, 2.75) is 150 Å². The van der Waals surface area contributed by atoms with Gasteiger partial charge in [-0.2, -0.15) is 36.4 Å². The van der Waals surface area contributed by atoms with Crippen molar-refractivity contribution in [1.82, 2.24) is 10.6 Å². The van der Waals surface area contributed by atoms with Crippen molar-refractivity contribution in [3.05, 3.63) is 304 Å². The largest absolute Gasteiger partial charge is 0.363 e. The molecule has 8 rings (SSSR count). The van der Waals surface area contributed by atoms with Crippen LogP contribution in [0.4, 0.5) is 5.69 Å². The molecule has 3 fully saturated rings. The normalized spacial score (nSPS) is 9.81. The standard InChI is InChI=1S/C19H17N.C13H13N.C7H6O.C6H9N.C6H5.9C2H6.6CH3.W.13Y/c1-15-13-18(14-17-9-5-3-6-10-17)16(2)20(15)19-11-7-4-8-12-19;1-10-8-13(11(2)14-10)9-12-6-4-3-5-7-12;8-6-7-4-2-1-3-5-7;1-5-3-4-6(2)7-5;1-2-4-6-5-3-1;9*1-2;;;;;;;;;;;;;;;;;;;;/h3-12,14H,1-2,13H2;3-7,9,14H,1-2,8H2;1-6H;7H,1-4H2;1-5H;9*1-2H3;6*1H3;;;;;;;;;;;;;;/q;;;;-1;;;;;;;;;;6*-1;;;;;;;;;;;;;;. The summed E-state index contributed by atoms with van der Waals surface area (Å²) in [6.45, 7) is 59.7. The van der Waals surface area contributed by atoms with Crippen LogP contribution in [0.15, 0.2) is 236 Å². The third-order valence-corrected chi connectivity index (χ3v) is 8.39. The fourth-order valence-corrected chi connectivity index (χ4v) is 5.65. The van der Waals surface area contributed by atoms with Crippen LogP contribution < -0.4 is 15.5 Å². The number of rotatable bonds is 4. The van der Waals surface area contributed by atoms with Crippen LogP contribution in [0.3, 0.4) is 0 Å². The number of nitrogens with zero attached hydrogens (tertiary/aromatic N) is 1. The van der Waals surface area contributed by atoms with Crippen LogP contribution in [0.25, 0.3) is 12.2 Å². The van der Waals surface area contributed by atoms with E-state index in [4.69, 9.17) is 0 Å². The van der Waals surface area contributed by atoms with E-state index in [1.807, 2.05) is 228 Å². The second-order valence-corrected chi connectivity index (χ2v) is 12.8. The monoisotopic (exact) mass is 2420 g/mol. The molecule has 3 heterocycles. The summed E-state index contributed by atoms with van der Waals surface area (Å²) in [6.07, 6.45) is 9.04. The predicted octanol–water partition coefficient (Wildman–Crippen LogP) is 24.4. The van der Waals surface area contributed by atoms with Gasteiger partial charge in [0.15, 0.2) is 0 Å². The summed E-state index contributed by atoms with van der Waals surface area (Å²) in [5, 5.41) is 6.16. The van der Waals surface area contributed by atoms with E-state index in [1.165, 1.54) is 22.3 Å². The van der Waals surface area contributed by atoms with E-state index in [9.17, 15) is 4.79 Å². The Kier molecular flexibility index (Phi) is 282. The number of nitrogens with one attached hydrogen (secondary N) is 2. The molecule has 0 spiro atoms. The average molecular weight is 2420 g/mol. The van der Waals surface area contributed by atoms with Gasteiger partial charge >= 0.3 is 0 Å². The fourth-order valence-electron chi connectivity index (χ4n) is 5.65. The molecule has 0 aliphatic carbocycles. The second-order valence-electron chi connectivity index (χ2n) is 12.8. The smallest absolute Gasteiger partial charge is 0.150 e. The third kappa shape index (κ3) is 102. The first-order chi connectivity index (χ1) is 35.7. The Hall–Kier alpha value is 8.13. The van der Waals surface area contributed by atoms with Crippen molar-refractivity contribution in [3.63, 3.8) is 0 Å². The molecule has 5 aromatic carbocycles. The first kappa shape index (κ1) is 180. The molecule has 4 nitrogen and oxygen atoms in total. The maximum absolute atomic E-state index is 10.0. The average Bonchev–Trinajstić information content (AvgIpc) is 4.14. The molecule has 93 heavy (non-hydrogen) atoms. The number of hydrogen-bond donors (Lipinski definition) is 2. The molecule has 3 saturated heterocycles. The number of aldehydes is 1. The van der Waals surface area contributed by atoms with E-state index in [1.54, 1.807) is 12.1 Å².